The van der Waals surface area contributed by atoms with Gasteiger partial charge in [-0.25, -0.2) is 13.4 Å². The van der Waals surface area contributed by atoms with E-state index >= 15 is 0 Å². The maximum atomic E-state index is 13.0. The standard InChI is InChI=1S/C28H30ClN5O3S/c1-2-30-25(35)18-19-5-11-23(12-6-19)31-27-26-24(4-3-17-38(26,36)37)32-28(33-27)34-15-13-21(14-16-34)20-7-9-22(29)10-8-20/h5-13H,2-4,14-18H2,1H3,(H,30,35)(H,31,32,33). The summed E-state index contributed by atoms with van der Waals surface area (Å²) in [6.07, 6.45) is 4.39. The lowest BCUT2D eigenvalue weighted by atomic mass is 10.00. The zero-order valence-corrected chi connectivity index (χ0v) is 22.8. The molecule has 0 aliphatic carbocycles. The van der Waals surface area contributed by atoms with Crippen molar-refractivity contribution in [3.8, 4) is 0 Å². The van der Waals surface area contributed by atoms with Gasteiger partial charge in [-0.2, -0.15) is 4.98 Å². The van der Waals surface area contributed by atoms with Gasteiger partial charge >= 0.3 is 0 Å². The zero-order valence-electron chi connectivity index (χ0n) is 21.2. The molecule has 0 bridgehead atoms. The fourth-order valence-corrected chi connectivity index (χ4v) is 6.56. The van der Waals surface area contributed by atoms with Gasteiger partial charge in [-0.1, -0.05) is 41.9 Å². The van der Waals surface area contributed by atoms with E-state index in [-0.39, 0.29) is 23.0 Å². The van der Waals surface area contributed by atoms with Crippen molar-refractivity contribution in [1.82, 2.24) is 15.3 Å². The van der Waals surface area contributed by atoms with Crippen LogP contribution in [0.1, 0.15) is 36.6 Å². The lowest BCUT2D eigenvalue weighted by Crippen LogP contribution is -2.31. The summed E-state index contributed by atoms with van der Waals surface area (Å²) in [6.45, 7) is 3.81. The number of amides is 1. The lowest BCUT2D eigenvalue weighted by Gasteiger charge is -2.29. The number of likely N-dealkylation sites (N-methyl/N-ethyl adjacent to an activating group) is 1. The summed E-state index contributed by atoms with van der Waals surface area (Å²) in [7, 11) is -3.50. The van der Waals surface area contributed by atoms with Crippen LogP contribution in [0.2, 0.25) is 5.02 Å². The van der Waals surface area contributed by atoms with Crippen LogP contribution in [0.15, 0.2) is 59.5 Å². The number of halogens is 1. The third kappa shape index (κ3) is 5.84. The third-order valence-electron chi connectivity index (χ3n) is 6.72. The van der Waals surface area contributed by atoms with Crippen molar-refractivity contribution < 1.29 is 13.2 Å². The number of aryl methyl sites for hydroxylation is 1. The highest BCUT2D eigenvalue weighted by atomic mass is 35.5. The number of carbonyl (C=O) groups excluding carboxylic acids is 1. The lowest BCUT2D eigenvalue weighted by molar-refractivity contribution is -0.120. The van der Waals surface area contributed by atoms with Crippen LogP contribution in [0.5, 0.6) is 0 Å². The van der Waals surface area contributed by atoms with Gasteiger partial charge in [0.2, 0.25) is 11.9 Å². The first-order valence-corrected chi connectivity index (χ1v) is 14.8. The highest BCUT2D eigenvalue weighted by molar-refractivity contribution is 7.91. The Bertz CT molecular complexity index is 1470. The van der Waals surface area contributed by atoms with Crippen LogP contribution in [-0.2, 0) is 27.5 Å². The van der Waals surface area contributed by atoms with Crippen molar-refractivity contribution >= 4 is 50.4 Å². The quantitative estimate of drug-likeness (QED) is 0.443. The second kappa shape index (κ2) is 11.1. The minimum atomic E-state index is -3.50. The summed E-state index contributed by atoms with van der Waals surface area (Å²) >= 11 is 6.03. The molecule has 1 aromatic heterocycles. The number of fused-ring (bicyclic) bond motifs is 1. The maximum absolute atomic E-state index is 13.0. The van der Waals surface area contributed by atoms with Crippen LogP contribution < -0.4 is 15.5 Å². The molecule has 3 aromatic rings. The molecular formula is C28H30ClN5O3S. The molecule has 0 radical (unpaired) electrons. The normalized spacial score (nSPS) is 16.4. The Labute approximate surface area is 228 Å². The second-order valence-electron chi connectivity index (χ2n) is 9.45. The molecule has 0 fully saturated rings. The highest BCUT2D eigenvalue weighted by Gasteiger charge is 2.31. The Balaban J connectivity index is 1.41. The average Bonchev–Trinajstić information content (AvgIpc) is 2.90. The largest absolute Gasteiger partial charge is 0.356 e. The fraction of sp³-hybridized carbons (Fsp3) is 0.321. The van der Waals surface area contributed by atoms with E-state index in [1.807, 2.05) is 55.5 Å². The number of nitrogens with one attached hydrogen (secondary N) is 2. The van der Waals surface area contributed by atoms with Crippen molar-refractivity contribution in [3.05, 3.63) is 76.5 Å². The number of aromatic nitrogens is 2. The van der Waals surface area contributed by atoms with Crippen molar-refractivity contribution in [3.63, 3.8) is 0 Å². The van der Waals surface area contributed by atoms with E-state index in [0.717, 1.165) is 17.5 Å². The first kappa shape index (κ1) is 26.2. The number of anilines is 3. The number of nitrogens with zero attached hydrogens (tertiary/aromatic N) is 3. The molecule has 0 unspecified atom stereocenters. The van der Waals surface area contributed by atoms with Crippen LogP contribution in [0.3, 0.4) is 0 Å². The van der Waals surface area contributed by atoms with Crippen LogP contribution in [0.4, 0.5) is 17.5 Å². The molecule has 0 saturated heterocycles. The van der Waals surface area contributed by atoms with E-state index in [0.29, 0.717) is 60.6 Å². The topological polar surface area (TPSA) is 104 Å². The molecule has 2 aromatic carbocycles. The van der Waals surface area contributed by atoms with Crippen molar-refractivity contribution in [2.45, 2.75) is 37.5 Å². The van der Waals surface area contributed by atoms with Gasteiger partial charge in [-0.05, 0) is 67.2 Å². The summed E-state index contributed by atoms with van der Waals surface area (Å²) in [4.78, 5) is 23.6. The summed E-state index contributed by atoms with van der Waals surface area (Å²) in [6, 6.07) is 15.2. The highest BCUT2D eigenvalue weighted by Crippen LogP contribution is 2.34. The first-order chi connectivity index (χ1) is 18.3. The maximum Gasteiger partial charge on any atom is 0.227 e. The molecule has 2 N–H and O–H groups in total. The molecule has 1 amide bonds. The van der Waals surface area contributed by atoms with E-state index in [1.54, 1.807) is 0 Å². The first-order valence-electron chi connectivity index (χ1n) is 12.8. The number of carbonyl (C=O) groups is 1. The molecule has 0 atom stereocenters. The van der Waals surface area contributed by atoms with Crippen molar-refractivity contribution in [1.29, 1.82) is 0 Å². The second-order valence-corrected chi connectivity index (χ2v) is 11.9. The number of hydrogen-bond acceptors (Lipinski definition) is 7. The number of rotatable bonds is 7. The number of hydrogen-bond donors (Lipinski definition) is 2. The average molecular weight is 552 g/mol. The number of sulfone groups is 1. The Morgan fingerprint density at radius 2 is 1.82 bits per heavy atom. The van der Waals surface area contributed by atoms with Gasteiger partial charge in [-0.3, -0.25) is 4.79 Å². The molecule has 5 rings (SSSR count). The Hall–Kier alpha value is -3.43. The van der Waals surface area contributed by atoms with E-state index in [1.165, 1.54) is 5.57 Å². The molecule has 38 heavy (non-hydrogen) atoms. The molecule has 2 aliphatic heterocycles. The predicted molar refractivity (Wildman–Crippen MR) is 151 cm³/mol. The summed E-state index contributed by atoms with van der Waals surface area (Å²) < 4.78 is 26.1. The van der Waals surface area contributed by atoms with Gasteiger partial charge in [0.05, 0.1) is 17.9 Å². The third-order valence-corrected chi connectivity index (χ3v) is 8.85. The molecule has 8 nitrogen and oxygen atoms in total. The predicted octanol–water partition coefficient (Wildman–Crippen LogP) is 4.57. The van der Waals surface area contributed by atoms with Crippen molar-refractivity contribution in [2.24, 2.45) is 0 Å². The van der Waals surface area contributed by atoms with Crippen LogP contribution >= 0.6 is 11.6 Å². The summed E-state index contributed by atoms with van der Waals surface area (Å²) in [5, 5.41) is 6.73. The van der Waals surface area contributed by atoms with E-state index in [4.69, 9.17) is 21.6 Å². The van der Waals surface area contributed by atoms with Gasteiger partial charge in [0.1, 0.15) is 4.90 Å². The fourth-order valence-electron chi connectivity index (χ4n) is 4.80. The molecular weight excluding hydrogens is 522 g/mol. The summed E-state index contributed by atoms with van der Waals surface area (Å²) in [5.74, 6) is 0.861. The van der Waals surface area contributed by atoms with E-state index in [9.17, 15) is 13.2 Å². The van der Waals surface area contributed by atoms with Gasteiger partial charge in [0.25, 0.3) is 0 Å². The molecule has 3 heterocycles. The molecule has 0 spiro atoms. The molecule has 198 valence electrons. The Kier molecular flexibility index (Phi) is 7.67. The molecule has 10 heteroatoms. The van der Waals surface area contributed by atoms with Gasteiger partial charge < -0.3 is 15.5 Å². The SMILES string of the molecule is CCNC(=O)Cc1ccc(Nc2nc(N3CC=C(c4ccc(Cl)cc4)CC3)nc3c2S(=O)(=O)CCC3)cc1. The smallest absolute Gasteiger partial charge is 0.227 e. The minimum absolute atomic E-state index is 0.0383. The molecule has 0 saturated carbocycles. The van der Waals surface area contributed by atoms with Crippen LogP contribution in [0.25, 0.3) is 5.57 Å². The van der Waals surface area contributed by atoms with E-state index < -0.39 is 9.84 Å². The number of benzene rings is 2. The van der Waals surface area contributed by atoms with Gasteiger partial charge in [0.15, 0.2) is 15.7 Å². The van der Waals surface area contributed by atoms with Crippen LogP contribution in [-0.4, -0.2) is 49.7 Å². The van der Waals surface area contributed by atoms with Gasteiger partial charge in [-0.15, -0.1) is 0 Å². The minimum Gasteiger partial charge on any atom is -0.356 e. The van der Waals surface area contributed by atoms with Crippen LogP contribution in [0, 0.1) is 0 Å². The summed E-state index contributed by atoms with van der Waals surface area (Å²) in [5.41, 5.74) is 4.51. The Morgan fingerprint density at radius 3 is 2.50 bits per heavy atom. The zero-order chi connectivity index (χ0) is 26.7. The van der Waals surface area contributed by atoms with E-state index in [2.05, 4.69) is 21.6 Å². The monoisotopic (exact) mass is 551 g/mol. The molecule has 2 aliphatic rings. The Morgan fingerprint density at radius 1 is 1.05 bits per heavy atom. The van der Waals surface area contributed by atoms with Crippen molar-refractivity contribution in [2.75, 3.05) is 35.6 Å². The van der Waals surface area contributed by atoms with Gasteiger partial charge in [0, 0.05) is 30.3 Å².